The third kappa shape index (κ3) is 5.17. The van der Waals surface area contributed by atoms with Crippen LogP contribution in [0.1, 0.15) is 0 Å². The summed E-state index contributed by atoms with van der Waals surface area (Å²) in [6, 6.07) is 0. The van der Waals surface area contributed by atoms with Crippen LogP contribution in [-0.4, -0.2) is 17.1 Å². The van der Waals surface area contributed by atoms with E-state index in [1.807, 2.05) is 0 Å². The molecule has 3 heteroatoms. The van der Waals surface area contributed by atoms with Crippen molar-refractivity contribution in [3.8, 4) is 5.88 Å². The topological polar surface area (TPSA) is 35.0 Å². The maximum atomic E-state index is 4.74. The SMILES string of the molecule is C=CC=C.COc1cnccn1. The third-order valence-corrected chi connectivity index (χ3v) is 0.915. The number of nitrogens with zero attached hydrogens (tertiary/aromatic N) is 2. The van der Waals surface area contributed by atoms with E-state index in [0.29, 0.717) is 5.88 Å². The van der Waals surface area contributed by atoms with Gasteiger partial charge in [0.25, 0.3) is 0 Å². The molecule has 3 nitrogen and oxygen atoms in total. The highest BCUT2D eigenvalue weighted by Gasteiger charge is 1.83. The van der Waals surface area contributed by atoms with E-state index in [-0.39, 0.29) is 0 Å². The first-order valence-corrected chi connectivity index (χ1v) is 3.38. The molecule has 0 saturated carbocycles. The summed E-state index contributed by atoms with van der Waals surface area (Å²) in [4.78, 5) is 7.58. The van der Waals surface area contributed by atoms with E-state index in [0.717, 1.165) is 0 Å². The van der Waals surface area contributed by atoms with Gasteiger partial charge in [-0.25, -0.2) is 4.98 Å². The summed E-state index contributed by atoms with van der Waals surface area (Å²) >= 11 is 0. The minimum absolute atomic E-state index is 0.549. The van der Waals surface area contributed by atoms with Crippen LogP contribution in [0.5, 0.6) is 5.88 Å². The quantitative estimate of drug-likeness (QED) is 0.625. The lowest BCUT2D eigenvalue weighted by Gasteiger charge is -1.91. The van der Waals surface area contributed by atoms with Gasteiger partial charge in [-0.05, 0) is 0 Å². The third-order valence-electron chi connectivity index (χ3n) is 0.915. The number of hydrogen-bond acceptors (Lipinski definition) is 3. The highest BCUT2D eigenvalue weighted by molar-refractivity contribution is 5.00. The van der Waals surface area contributed by atoms with Gasteiger partial charge >= 0.3 is 0 Å². The zero-order chi connectivity index (χ0) is 9.23. The summed E-state index contributed by atoms with van der Waals surface area (Å²) in [7, 11) is 1.56. The minimum atomic E-state index is 0.549. The summed E-state index contributed by atoms with van der Waals surface area (Å²) < 4.78 is 4.74. The van der Waals surface area contributed by atoms with Crippen molar-refractivity contribution in [2.45, 2.75) is 0 Å². The Labute approximate surface area is 72.4 Å². The summed E-state index contributed by atoms with van der Waals surface area (Å²) in [6.07, 6.45) is 8.02. The van der Waals surface area contributed by atoms with Crippen LogP contribution < -0.4 is 4.74 Å². The Morgan fingerprint density at radius 3 is 2.25 bits per heavy atom. The zero-order valence-electron chi connectivity index (χ0n) is 7.10. The second-order valence-electron chi connectivity index (χ2n) is 1.72. The van der Waals surface area contributed by atoms with Gasteiger partial charge in [-0.3, -0.25) is 4.98 Å². The molecule has 0 radical (unpaired) electrons. The van der Waals surface area contributed by atoms with Crippen molar-refractivity contribution < 1.29 is 4.74 Å². The fraction of sp³-hybridized carbons (Fsp3) is 0.111. The van der Waals surface area contributed by atoms with Crippen LogP contribution in [0.15, 0.2) is 43.9 Å². The second kappa shape index (κ2) is 7.47. The lowest BCUT2D eigenvalue weighted by atomic mass is 10.6. The number of ether oxygens (including phenoxy) is 1. The zero-order valence-corrected chi connectivity index (χ0v) is 7.10. The molecule has 1 aromatic heterocycles. The molecular formula is C9H12N2O. The molecule has 0 aliphatic carbocycles. The predicted octanol–water partition coefficient (Wildman–Crippen LogP) is 1.84. The monoisotopic (exact) mass is 164 g/mol. The van der Waals surface area contributed by atoms with Crippen LogP contribution in [0.4, 0.5) is 0 Å². The predicted molar refractivity (Wildman–Crippen MR) is 49.0 cm³/mol. The minimum Gasteiger partial charge on any atom is -0.480 e. The molecule has 12 heavy (non-hydrogen) atoms. The molecule has 0 spiro atoms. The van der Waals surface area contributed by atoms with Crippen molar-refractivity contribution in [2.75, 3.05) is 7.11 Å². The largest absolute Gasteiger partial charge is 0.480 e. The Hall–Kier alpha value is -1.64. The van der Waals surface area contributed by atoms with Crippen molar-refractivity contribution in [1.82, 2.24) is 9.97 Å². The van der Waals surface area contributed by atoms with Crippen LogP contribution in [0.3, 0.4) is 0 Å². The standard InChI is InChI=1S/C5H6N2O.C4H6/c1-8-5-4-6-2-3-7-5;1-3-4-2/h2-4H,1H3;3-4H,1-2H2. The van der Waals surface area contributed by atoms with E-state index < -0.39 is 0 Å². The van der Waals surface area contributed by atoms with E-state index >= 15 is 0 Å². The van der Waals surface area contributed by atoms with Crippen LogP contribution in [0, 0.1) is 0 Å². The smallest absolute Gasteiger partial charge is 0.231 e. The fourth-order valence-corrected chi connectivity index (χ4v) is 0.391. The summed E-state index contributed by atoms with van der Waals surface area (Å²) in [5.74, 6) is 0.549. The lowest BCUT2D eigenvalue weighted by molar-refractivity contribution is 0.395. The highest BCUT2D eigenvalue weighted by Crippen LogP contribution is 1.96. The van der Waals surface area contributed by atoms with Gasteiger partial charge in [0.1, 0.15) is 0 Å². The molecule has 0 aliphatic rings. The first-order chi connectivity index (χ1) is 5.85. The van der Waals surface area contributed by atoms with Gasteiger partial charge in [0.05, 0.1) is 13.3 Å². The van der Waals surface area contributed by atoms with E-state index in [9.17, 15) is 0 Å². The molecule has 0 aromatic carbocycles. The first-order valence-electron chi connectivity index (χ1n) is 3.38. The summed E-state index contributed by atoms with van der Waals surface area (Å²) in [5.41, 5.74) is 0. The molecule has 0 atom stereocenters. The molecule has 0 N–H and O–H groups in total. The Morgan fingerprint density at radius 2 is 2.00 bits per heavy atom. The van der Waals surface area contributed by atoms with Gasteiger partial charge in [0.15, 0.2) is 0 Å². The molecule has 1 aromatic rings. The fourth-order valence-electron chi connectivity index (χ4n) is 0.391. The molecule has 1 heterocycles. The van der Waals surface area contributed by atoms with Crippen molar-refractivity contribution in [1.29, 1.82) is 0 Å². The van der Waals surface area contributed by atoms with Crippen molar-refractivity contribution >= 4 is 0 Å². The van der Waals surface area contributed by atoms with Crippen molar-refractivity contribution in [2.24, 2.45) is 0 Å². The molecular weight excluding hydrogens is 152 g/mol. The molecule has 0 aliphatic heterocycles. The van der Waals surface area contributed by atoms with E-state index in [2.05, 4.69) is 23.1 Å². The number of rotatable bonds is 2. The molecule has 0 bridgehead atoms. The van der Waals surface area contributed by atoms with E-state index in [1.165, 1.54) is 0 Å². The molecule has 0 saturated heterocycles. The number of methoxy groups -OCH3 is 1. The van der Waals surface area contributed by atoms with Gasteiger partial charge in [-0.15, -0.1) is 0 Å². The van der Waals surface area contributed by atoms with Gasteiger partial charge in [0.2, 0.25) is 5.88 Å². The Morgan fingerprint density at radius 1 is 1.33 bits per heavy atom. The van der Waals surface area contributed by atoms with Gasteiger partial charge in [0, 0.05) is 12.4 Å². The lowest BCUT2D eigenvalue weighted by Crippen LogP contribution is -1.85. The Balaban J connectivity index is 0.000000261. The Kier molecular flexibility index (Phi) is 6.45. The number of aromatic nitrogens is 2. The molecule has 0 unspecified atom stereocenters. The Bertz CT molecular complexity index is 215. The summed E-state index contributed by atoms with van der Waals surface area (Å²) in [5, 5.41) is 0. The second-order valence-corrected chi connectivity index (χ2v) is 1.72. The average molecular weight is 164 g/mol. The average Bonchev–Trinajstić information content (AvgIpc) is 2.19. The van der Waals surface area contributed by atoms with Crippen LogP contribution in [-0.2, 0) is 0 Å². The normalized spacial score (nSPS) is 7.42. The van der Waals surface area contributed by atoms with Gasteiger partial charge < -0.3 is 4.74 Å². The molecule has 64 valence electrons. The first kappa shape index (κ1) is 10.4. The number of hydrogen-bond donors (Lipinski definition) is 0. The van der Waals surface area contributed by atoms with Gasteiger partial charge in [-0.1, -0.05) is 25.3 Å². The molecule has 1 rings (SSSR count). The van der Waals surface area contributed by atoms with Crippen molar-refractivity contribution in [3.05, 3.63) is 43.9 Å². The highest BCUT2D eigenvalue weighted by atomic mass is 16.5. The van der Waals surface area contributed by atoms with Crippen molar-refractivity contribution in [3.63, 3.8) is 0 Å². The molecule has 0 fully saturated rings. The molecule has 0 amide bonds. The summed E-state index contributed by atoms with van der Waals surface area (Å²) in [6.45, 7) is 6.72. The van der Waals surface area contributed by atoms with E-state index in [4.69, 9.17) is 4.74 Å². The maximum absolute atomic E-state index is 4.74. The van der Waals surface area contributed by atoms with Gasteiger partial charge in [-0.2, -0.15) is 0 Å². The van der Waals surface area contributed by atoms with Crippen LogP contribution in [0.25, 0.3) is 0 Å². The van der Waals surface area contributed by atoms with Crippen LogP contribution in [0.2, 0.25) is 0 Å². The van der Waals surface area contributed by atoms with Crippen LogP contribution >= 0.6 is 0 Å². The van der Waals surface area contributed by atoms with E-state index in [1.54, 1.807) is 37.9 Å². The maximum Gasteiger partial charge on any atom is 0.231 e. The number of allylic oxidation sites excluding steroid dienone is 2.